The van der Waals surface area contributed by atoms with Gasteiger partial charge in [0.05, 0.1) is 5.69 Å². The van der Waals surface area contributed by atoms with Crippen molar-refractivity contribution in [1.82, 2.24) is 9.78 Å². The van der Waals surface area contributed by atoms with Gasteiger partial charge in [0.1, 0.15) is 0 Å². The Hall–Kier alpha value is -1.19. The highest BCUT2D eigenvalue weighted by Crippen LogP contribution is 2.32. The minimum absolute atomic E-state index is 0.105. The molecule has 2 rings (SSSR count). The number of aryl methyl sites for hydroxylation is 1. The number of fused-ring (bicyclic) bond motifs is 1. The van der Waals surface area contributed by atoms with Gasteiger partial charge in [-0.15, -0.1) is 5.11 Å². The molecule has 0 N–H and O–H groups in total. The van der Waals surface area contributed by atoms with Crippen LogP contribution in [0.2, 0.25) is 0 Å². The van der Waals surface area contributed by atoms with Gasteiger partial charge in [0.2, 0.25) is 0 Å². The third-order valence-corrected chi connectivity index (χ3v) is 1.96. The molecule has 0 saturated carbocycles. The highest BCUT2D eigenvalue weighted by Gasteiger charge is 2.23. The van der Waals surface area contributed by atoms with E-state index < -0.39 is 0 Å². The van der Waals surface area contributed by atoms with E-state index in [0.717, 1.165) is 11.5 Å². The molecule has 12 heavy (non-hydrogen) atoms. The lowest BCUT2D eigenvalue weighted by Crippen LogP contribution is -2.10. The zero-order valence-corrected chi connectivity index (χ0v) is 7.52. The van der Waals surface area contributed by atoms with Crippen molar-refractivity contribution in [3.8, 4) is 0 Å². The van der Waals surface area contributed by atoms with E-state index in [2.05, 4.69) is 29.2 Å². The molecule has 0 amide bonds. The molecule has 0 radical (unpaired) electrons. The first-order valence-electron chi connectivity index (χ1n) is 4.15. The highest BCUT2D eigenvalue weighted by molar-refractivity contribution is 5.31. The van der Waals surface area contributed by atoms with Crippen molar-refractivity contribution in [3.05, 3.63) is 11.8 Å². The second-order valence-electron chi connectivity index (χ2n) is 3.46. The van der Waals surface area contributed by atoms with Gasteiger partial charge in [0.15, 0.2) is 12.0 Å². The van der Waals surface area contributed by atoms with Gasteiger partial charge in [-0.1, -0.05) is 13.8 Å². The van der Waals surface area contributed by atoms with Crippen molar-refractivity contribution < 1.29 is 0 Å². The first-order chi connectivity index (χ1) is 5.68. The molecule has 1 aromatic heterocycles. The second kappa shape index (κ2) is 2.40. The Bertz CT molecular complexity index is 324. The summed E-state index contributed by atoms with van der Waals surface area (Å²) in [6.45, 7) is 6.21. The van der Waals surface area contributed by atoms with E-state index >= 15 is 0 Å². The van der Waals surface area contributed by atoms with Crippen LogP contribution in [0.1, 0.15) is 25.7 Å². The van der Waals surface area contributed by atoms with Crippen LogP contribution in [0.25, 0.3) is 0 Å². The molecule has 0 saturated heterocycles. The van der Waals surface area contributed by atoms with Crippen LogP contribution in [0, 0.1) is 12.8 Å². The van der Waals surface area contributed by atoms with Crippen LogP contribution < -0.4 is 0 Å². The van der Waals surface area contributed by atoms with E-state index in [1.165, 1.54) is 0 Å². The third kappa shape index (κ3) is 0.948. The summed E-state index contributed by atoms with van der Waals surface area (Å²) >= 11 is 0. The quantitative estimate of drug-likeness (QED) is 0.628. The minimum Gasteiger partial charge on any atom is -0.219 e. The van der Waals surface area contributed by atoms with E-state index in [4.69, 9.17) is 0 Å². The van der Waals surface area contributed by atoms with Gasteiger partial charge in [0.25, 0.3) is 0 Å². The Morgan fingerprint density at radius 1 is 1.50 bits per heavy atom. The summed E-state index contributed by atoms with van der Waals surface area (Å²) in [4.78, 5) is 0. The number of rotatable bonds is 1. The van der Waals surface area contributed by atoms with Gasteiger partial charge >= 0.3 is 0 Å². The maximum Gasteiger partial charge on any atom is 0.175 e. The van der Waals surface area contributed by atoms with Crippen LogP contribution in [0.3, 0.4) is 0 Å². The van der Waals surface area contributed by atoms with E-state index in [9.17, 15) is 0 Å². The molecule has 4 nitrogen and oxygen atoms in total. The van der Waals surface area contributed by atoms with Crippen LogP contribution in [0.15, 0.2) is 16.3 Å². The van der Waals surface area contributed by atoms with E-state index in [1.54, 1.807) is 0 Å². The normalized spacial score (nSPS) is 20.5. The monoisotopic (exact) mass is 164 g/mol. The maximum atomic E-state index is 4.32. The zero-order chi connectivity index (χ0) is 8.72. The summed E-state index contributed by atoms with van der Waals surface area (Å²) in [7, 11) is 0. The van der Waals surface area contributed by atoms with Gasteiger partial charge in [-0.25, -0.2) is 4.68 Å². The number of nitrogens with zero attached hydrogens (tertiary/aromatic N) is 4. The van der Waals surface area contributed by atoms with Gasteiger partial charge < -0.3 is 0 Å². The predicted octanol–water partition coefficient (Wildman–Crippen LogP) is 2.44. The van der Waals surface area contributed by atoms with Crippen molar-refractivity contribution in [2.45, 2.75) is 26.9 Å². The Kier molecular flexibility index (Phi) is 1.49. The molecule has 1 aromatic rings. The Morgan fingerprint density at radius 2 is 2.25 bits per heavy atom. The predicted molar refractivity (Wildman–Crippen MR) is 45.4 cm³/mol. The van der Waals surface area contributed by atoms with Gasteiger partial charge in [-0.05, 0) is 12.8 Å². The molecule has 4 heteroatoms. The molecule has 1 atom stereocenters. The van der Waals surface area contributed by atoms with Crippen molar-refractivity contribution >= 4 is 5.82 Å². The number of aromatic nitrogens is 2. The highest BCUT2D eigenvalue weighted by atomic mass is 15.5. The molecule has 1 aliphatic heterocycles. The lowest BCUT2D eigenvalue weighted by molar-refractivity contribution is 0.373. The van der Waals surface area contributed by atoms with Crippen LogP contribution >= 0.6 is 0 Å². The molecule has 0 aliphatic carbocycles. The topological polar surface area (TPSA) is 42.5 Å². The molecule has 0 spiro atoms. The van der Waals surface area contributed by atoms with Crippen molar-refractivity contribution in [2.24, 2.45) is 16.1 Å². The van der Waals surface area contributed by atoms with E-state index in [0.29, 0.717) is 5.92 Å². The largest absolute Gasteiger partial charge is 0.219 e. The summed E-state index contributed by atoms with van der Waals surface area (Å²) < 4.78 is 1.89. The third-order valence-electron chi connectivity index (χ3n) is 1.96. The Labute approximate surface area is 71.3 Å². The number of hydrogen-bond donors (Lipinski definition) is 0. The molecule has 0 aromatic carbocycles. The zero-order valence-electron chi connectivity index (χ0n) is 7.52. The average molecular weight is 164 g/mol. The Balaban J connectivity index is 2.41. The number of azo groups is 1. The summed E-state index contributed by atoms with van der Waals surface area (Å²) in [5.74, 6) is 1.33. The average Bonchev–Trinajstić information content (AvgIpc) is 2.43. The maximum absolute atomic E-state index is 4.32. The van der Waals surface area contributed by atoms with Gasteiger partial charge in [-0.3, -0.25) is 0 Å². The molecule has 1 aliphatic rings. The summed E-state index contributed by atoms with van der Waals surface area (Å²) in [6, 6.07) is 1.95. The Morgan fingerprint density at radius 3 is 2.92 bits per heavy atom. The molecule has 64 valence electrons. The summed E-state index contributed by atoms with van der Waals surface area (Å²) in [5, 5.41) is 12.5. The second-order valence-corrected chi connectivity index (χ2v) is 3.46. The fraction of sp³-hybridized carbons (Fsp3) is 0.625. The minimum atomic E-state index is 0.105. The summed E-state index contributed by atoms with van der Waals surface area (Å²) in [6.07, 6.45) is 0.105. The molecular formula is C8H12N4. The molecule has 0 bridgehead atoms. The fourth-order valence-electron chi connectivity index (χ4n) is 1.36. The lowest BCUT2D eigenvalue weighted by atomic mass is 10.2. The molecule has 1 unspecified atom stereocenters. The van der Waals surface area contributed by atoms with Crippen molar-refractivity contribution in [3.63, 3.8) is 0 Å². The van der Waals surface area contributed by atoms with Crippen LogP contribution in [0.5, 0.6) is 0 Å². The van der Waals surface area contributed by atoms with Crippen LogP contribution in [0.4, 0.5) is 5.82 Å². The molecular weight excluding hydrogens is 152 g/mol. The fourth-order valence-corrected chi connectivity index (χ4v) is 1.36. The van der Waals surface area contributed by atoms with Crippen molar-refractivity contribution in [2.75, 3.05) is 0 Å². The van der Waals surface area contributed by atoms with Crippen LogP contribution in [-0.2, 0) is 0 Å². The van der Waals surface area contributed by atoms with Gasteiger partial charge in [-0.2, -0.15) is 10.2 Å². The van der Waals surface area contributed by atoms with Crippen LogP contribution in [-0.4, -0.2) is 9.78 Å². The number of hydrogen-bond acceptors (Lipinski definition) is 3. The SMILES string of the molecule is Cc1cc2n(n1)C(C(C)C)N=N2. The molecule has 0 fully saturated rings. The summed E-state index contributed by atoms with van der Waals surface area (Å²) in [5.41, 5.74) is 1.01. The lowest BCUT2D eigenvalue weighted by Gasteiger charge is -2.10. The first-order valence-corrected chi connectivity index (χ1v) is 4.15. The van der Waals surface area contributed by atoms with Crippen molar-refractivity contribution in [1.29, 1.82) is 0 Å². The molecule has 2 heterocycles. The smallest absolute Gasteiger partial charge is 0.175 e. The van der Waals surface area contributed by atoms with E-state index in [-0.39, 0.29) is 6.17 Å². The first kappa shape index (κ1) is 7.46. The van der Waals surface area contributed by atoms with Gasteiger partial charge in [0, 0.05) is 6.07 Å². The standard InChI is InChI=1S/C8H12N4/c1-5(2)8-10-9-7-4-6(3)11-12(7)8/h4-5,8H,1-3H3. The van der Waals surface area contributed by atoms with E-state index in [1.807, 2.05) is 17.7 Å².